The van der Waals surface area contributed by atoms with Crippen molar-refractivity contribution in [2.75, 3.05) is 13.4 Å². The van der Waals surface area contributed by atoms with Crippen LogP contribution in [0.2, 0.25) is 0 Å². The highest BCUT2D eigenvalue weighted by Crippen LogP contribution is 2.23. The summed E-state index contributed by atoms with van der Waals surface area (Å²) in [4.78, 5) is 17.4. The summed E-state index contributed by atoms with van der Waals surface area (Å²) in [6, 6.07) is 11.8. The number of amides is 1. The van der Waals surface area contributed by atoms with Crippen LogP contribution in [0.1, 0.15) is 5.56 Å². The summed E-state index contributed by atoms with van der Waals surface area (Å²) in [6.07, 6.45) is 6.68. The standard InChI is InChI=1S/C20H18N2O4S2/c1-4-11-22-17-10-7-15(26-2)13-18(17)27-20(22)21-19(23)12-14-5-8-16(9-6-14)28(3,24)25/h1,5-10,13H,11-12H2,2-3H3. The number of carbonyl (C=O) groups is 1. The molecule has 6 nitrogen and oxygen atoms in total. The van der Waals surface area contributed by atoms with Crippen molar-refractivity contribution in [2.24, 2.45) is 4.99 Å². The van der Waals surface area contributed by atoms with Gasteiger partial charge < -0.3 is 9.30 Å². The van der Waals surface area contributed by atoms with Gasteiger partial charge in [0.2, 0.25) is 0 Å². The number of fused-ring (bicyclic) bond motifs is 1. The number of methoxy groups -OCH3 is 1. The maximum absolute atomic E-state index is 12.5. The van der Waals surface area contributed by atoms with Crippen molar-refractivity contribution in [3.63, 3.8) is 0 Å². The van der Waals surface area contributed by atoms with Gasteiger partial charge in [0.15, 0.2) is 14.6 Å². The van der Waals surface area contributed by atoms with E-state index in [4.69, 9.17) is 11.2 Å². The lowest BCUT2D eigenvalue weighted by molar-refractivity contribution is -0.117. The van der Waals surface area contributed by atoms with Gasteiger partial charge in [-0.05, 0) is 35.9 Å². The Balaban J connectivity index is 1.93. The number of terminal acetylenes is 1. The second kappa shape index (κ2) is 8.00. The first-order valence-electron chi connectivity index (χ1n) is 8.29. The number of hydrogen-bond donors (Lipinski definition) is 0. The van der Waals surface area contributed by atoms with E-state index < -0.39 is 9.84 Å². The quantitative estimate of drug-likeness (QED) is 0.601. The molecule has 0 aliphatic rings. The largest absolute Gasteiger partial charge is 0.497 e. The SMILES string of the molecule is C#CCn1c(=NC(=O)Cc2ccc(S(C)(=O)=O)cc2)sc2cc(OC)ccc21. The predicted octanol–water partition coefficient (Wildman–Crippen LogP) is 2.42. The van der Waals surface area contributed by atoms with E-state index >= 15 is 0 Å². The van der Waals surface area contributed by atoms with Crippen LogP contribution < -0.4 is 9.54 Å². The van der Waals surface area contributed by atoms with Crippen molar-refractivity contribution < 1.29 is 17.9 Å². The minimum Gasteiger partial charge on any atom is -0.497 e. The van der Waals surface area contributed by atoms with Gasteiger partial charge in [-0.3, -0.25) is 4.79 Å². The van der Waals surface area contributed by atoms with Gasteiger partial charge >= 0.3 is 0 Å². The molecule has 0 aliphatic carbocycles. The number of nitrogens with zero attached hydrogens (tertiary/aromatic N) is 2. The Bertz CT molecular complexity index is 1240. The first-order chi connectivity index (χ1) is 13.3. The Morgan fingerprint density at radius 1 is 1.25 bits per heavy atom. The molecule has 0 unspecified atom stereocenters. The van der Waals surface area contributed by atoms with E-state index in [0.717, 1.165) is 16.5 Å². The molecule has 144 valence electrons. The first-order valence-corrected chi connectivity index (χ1v) is 11.0. The van der Waals surface area contributed by atoms with Crippen LogP contribution in [0.5, 0.6) is 5.75 Å². The molecule has 28 heavy (non-hydrogen) atoms. The molecule has 0 saturated carbocycles. The summed E-state index contributed by atoms with van der Waals surface area (Å²) < 4.78 is 31.0. The molecule has 8 heteroatoms. The molecular formula is C20H18N2O4S2. The number of carbonyl (C=O) groups excluding carboxylic acids is 1. The van der Waals surface area contributed by atoms with Crippen LogP contribution >= 0.6 is 11.3 Å². The Morgan fingerprint density at radius 3 is 2.57 bits per heavy atom. The molecule has 0 spiro atoms. The molecule has 0 atom stereocenters. The topological polar surface area (TPSA) is 77.7 Å². The number of sulfone groups is 1. The van der Waals surface area contributed by atoms with Crippen LogP contribution in [-0.2, 0) is 27.6 Å². The smallest absolute Gasteiger partial charge is 0.252 e. The third-order valence-electron chi connectivity index (χ3n) is 4.07. The van der Waals surface area contributed by atoms with Gasteiger partial charge in [-0.15, -0.1) is 6.42 Å². The van der Waals surface area contributed by atoms with Crippen LogP contribution in [0.15, 0.2) is 52.4 Å². The fraction of sp³-hybridized carbons (Fsp3) is 0.200. The lowest BCUT2D eigenvalue weighted by Gasteiger charge is -2.02. The molecular weight excluding hydrogens is 396 g/mol. The Morgan fingerprint density at radius 2 is 1.96 bits per heavy atom. The van der Waals surface area contributed by atoms with Gasteiger partial charge in [-0.1, -0.05) is 29.4 Å². The zero-order chi connectivity index (χ0) is 20.3. The molecule has 3 aromatic rings. The average Bonchev–Trinajstić information content (AvgIpc) is 2.98. The van der Waals surface area contributed by atoms with E-state index in [2.05, 4.69) is 10.9 Å². The molecule has 0 fully saturated rings. The molecule has 1 aromatic heterocycles. The lowest BCUT2D eigenvalue weighted by Crippen LogP contribution is -2.17. The van der Waals surface area contributed by atoms with Crippen molar-refractivity contribution in [2.45, 2.75) is 17.9 Å². The number of rotatable bonds is 5. The first kappa shape index (κ1) is 19.9. The van der Waals surface area contributed by atoms with Gasteiger partial charge in [0.1, 0.15) is 5.75 Å². The van der Waals surface area contributed by atoms with E-state index in [1.807, 2.05) is 22.8 Å². The van der Waals surface area contributed by atoms with Crippen molar-refractivity contribution in [1.29, 1.82) is 0 Å². The molecule has 0 radical (unpaired) electrons. The number of ether oxygens (including phenoxy) is 1. The maximum Gasteiger partial charge on any atom is 0.252 e. The van der Waals surface area contributed by atoms with Crippen LogP contribution in [0, 0.1) is 12.3 Å². The molecule has 0 saturated heterocycles. The minimum absolute atomic E-state index is 0.0671. The third-order valence-corrected chi connectivity index (χ3v) is 6.24. The Hall–Kier alpha value is -2.89. The van der Waals surface area contributed by atoms with E-state index in [1.54, 1.807) is 19.2 Å². The summed E-state index contributed by atoms with van der Waals surface area (Å²) in [5.74, 6) is 2.96. The van der Waals surface area contributed by atoms with E-state index in [1.165, 1.54) is 23.5 Å². The predicted molar refractivity (Wildman–Crippen MR) is 109 cm³/mol. The average molecular weight is 415 g/mol. The summed E-state index contributed by atoms with van der Waals surface area (Å²) in [7, 11) is -1.68. The molecule has 0 bridgehead atoms. The number of aromatic nitrogens is 1. The maximum atomic E-state index is 12.5. The summed E-state index contributed by atoms with van der Waals surface area (Å²) in [5, 5.41) is 0. The number of hydrogen-bond acceptors (Lipinski definition) is 5. The van der Waals surface area contributed by atoms with Crippen LogP contribution in [0.25, 0.3) is 10.2 Å². The van der Waals surface area contributed by atoms with Crippen molar-refractivity contribution >= 4 is 37.3 Å². The van der Waals surface area contributed by atoms with Crippen LogP contribution in [0.4, 0.5) is 0 Å². The van der Waals surface area contributed by atoms with Gasteiger partial charge in [0.25, 0.3) is 5.91 Å². The highest BCUT2D eigenvalue weighted by atomic mass is 32.2. The minimum atomic E-state index is -3.27. The van der Waals surface area contributed by atoms with Crippen LogP contribution in [-0.4, -0.2) is 32.3 Å². The van der Waals surface area contributed by atoms with Gasteiger partial charge in [0.05, 0.1) is 35.2 Å². The Kier molecular flexibility index (Phi) is 5.68. The normalized spacial score (nSPS) is 12.1. The molecule has 1 heterocycles. The molecule has 1 amide bonds. The van der Waals surface area contributed by atoms with Crippen LogP contribution in [0.3, 0.4) is 0 Å². The fourth-order valence-electron chi connectivity index (χ4n) is 2.69. The number of thiazole rings is 1. The van der Waals surface area contributed by atoms with Crippen molar-refractivity contribution in [1.82, 2.24) is 4.57 Å². The summed E-state index contributed by atoms with van der Waals surface area (Å²) in [5.41, 5.74) is 1.57. The Labute approximate surface area is 167 Å². The zero-order valence-electron chi connectivity index (χ0n) is 15.4. The van der Waals surface area contributed by atoms with E-state index in [-0.39, 0.29) is 17.2 Å². The highest BCUT2D eigenvalue weighted by Gasteiger charge is 2.10. The molecule has 3 rings (SSSR count). The molecule has 0 aliphatic heterocycles. The zero-order valence-corrected chi connectivity index (χ0v) is 17.0. The fourth-order valence-corrected chi connectivity index (χ4v) is 4.39. The van der Waals surface area contributed by atoms with Crippen molar-refractivity contribution in [3.8, 4) is 18.1 Å². The van der Waals surface area contributed by atoms with Gasteiger partial charge in [-0.2, -0.15) is 4.99 Å². The van der Waals surface area contributed by atoms with Crippen molar-refractivity contribution in [3.05, 3.63) is 52.8 Å². The molecule has 0 N–H and O–H groups in total. The number of benzene rings is 2. The second-order valence-corrected chi connectivity index (χ2v) is 9.13. The van der Waals surface area contributed by atoms with Gasteiger partial charge in [-0.25, -0.2) is 8.42 Å². The summed E-state index contributed by atoms with van der Waals surface area (Å²) in [6.45, 7) is 0.293. The second-order valence-electron chi connectivity index (χ2n) is 6.11. The van der Waals surface area contributed by atoms with E-state index in [0.29, 0.717) is 22.7 Å². The van der Waals surface area contributed by atoms with Gasteiger partial charge in [0, 0.05) is 6.26 Å². The monoisotopic (exact) mass is 414 g/mol. The molecule has 2 aromatic carbocycles. The lowest BCUT2D eigenvalue weighted by atomic mass is 10.1. The highest BCUT2D eigenvalue weighted by molar-refractivity contribution is 7.90. The third kappa shape index (κ3) is 4.32. The summed E-state index contributed by atoms with van der Waals surface area (Å²) >= 11 is 1.36. The van der Waals surface area contributed by atoms with E-state index in [9.17, 15) is 13.2 Å².